The summed E-state index contributed by atoms with van der Waals surface area (Å²) in [5, 5.41) is 14.6. The molecule has 0 fully saturated rings. The van der Waals surface area contributed by atoms with Crippen LogP contribution in [0.2, 0.25) is 0 Å². The smallest absolute Gasteiger partial charge is 0.193 e. The number of aryl methyl sites for hydroxylation is 1. The topological polar surface area (TPSA) is 55.6 Å². The van der Waals surface area contributed by atoms with Crippen LogP contribution < -0.4 is 5.32 Å². The van der Waals surface area contributed by atoms with Crippen LogP contribution in [0.1, 0.15) is 11.4 Å². The third-order valence-corrected chi connectivity index (χ3v) is 2.25. The molecule has 0 saturated carbocycles. The van der Waals surface area contributed by atoms with Gasteiger partial charge >= 0.3 is 0 Å². The zero-order valence-electron chi connectivity index (χ0n) is 9.11. The van der Waals surface area contributed by atoms with E-state index in [0.29, 0.717) is 17.9 Å². The van der Waals surface area contributed by atoms with Gasteiger partial charge in [0.15, 0.2) is 5.82 Å². The van der Waals surface area contributed by atoms with Crippen LogP contribution in [0.5, 0.6) is 0 Å². The van der Waals surface area contributed by atoms with Gasteiger partial charge in [0.2, 0.25) is 0 Å². The predicted octanol–water partition coefficient (Wildman–Crippen LogP) is 1.27. The van der Waals surface area contributed by atoms with Crippen molar-refractivity contribution in [2.75, 3.05) is 5.32 Å². The lowest BCUT2D eigenvalue weighted by Gasteiger charge is -2.07. The standard InChI is InChI=1S/C10H12FN5/c1-7-8(11)4-3-5-9(7)12-6-10-13-15-16(2)14-10/h3-5,12H,6H2,1-2H3. The van der Waals surface area contributed by atoms with Crippen molar-refractivity contribution in [3.05, 3.63) is 35.4 Å². The third kappa shape index (κ3) is 2.16. The molecule has 0 spiro atoms. The van der Waals surface area contributed by atoms with Crippen molar-refractivity contribution in [3.63, 3.8) is 0 Å². The normalized spacial score (nSPS) is 10.4. The maximum Gasteiger partial charge on any atom is 0.193 e. The number of aromatic nitrogens is 4. The minimum Gasteiger partial charge on any atom is -0.377 e. The summed E-state index contributed by atoms with van der Waals surface area (Å²) in [7, 11) is 1.70. The van der Waals surface area contributed by atoms with E-state index < -0.39 is 0 Å². The van der Waals surface area contributed by atoms with Gasteiger partial charge in [-0.25, -0.2) is 4.39 Å². The molecule has 2 aromatic rings. The van der Waals surface area contributed by atoms with Gasteiger partial charge < -0.3 is 5.32 Å². The van der Waals surface area contributed by atoms with E-state index >= 15 is 0 Å². The first kappa shape index (κ1) is 10.5. The molecule has 0 bridgehead atoms. The fraction of sp³-hybridized carbons (Fsp3) is 0.300. The highest BCUT2D eigenvalue weighted by Gasteiger charge is 2.04. The van der Waals surface area contributed by atoms with Crippen molar-refractivity contribution in [1.29, 1.82) is 0 Å². The van der Waals surface area contributed by atoms with Crippen molar-refractivity contribution in [3.8, 4) is 0 Å². The Labute approximate surface area is 92.3 Å². The van der Waals surface area contributed by atoms with Gasteiger partial charge in [-0.05, 0) is 24.3 Å². The molecule has 0 unspecified atom stereocenters. The average Bonchev–Trinajstić information content (AvgIpc) is 2.67. The van der Waals surface area contributed by atoms with Crippen LogP contribution in [-0.2, 0) is 13.6 Å². The maximum atomic E-state index is 13.2. The quantitative estimate of drug-likeness (QED) is 0.848. The SMILES string of the molecule is Cc1c(F)cccc1NCc1nnn(C)n1. The number of benzene rings is 1. The van der Waals surface area contributed by atoms with E-state index in [0.717, 1.165) is 5.69 Å². The van der Waals surface area contributed by atoms with E-state index in [9.17, 15) is 4.39 Å². The van der Waals surface area contributed by atoms with Gasteiger partial charge in [0.05, 0.1) is 13.6 Å². The van der Waals surface area contributed by atoms with Gasteiger partial charge in [0, 0.05) is 11.3 Å². The van der Waals surface area contributed by atoms with E-state index in [2.05, 4.69) is 20.7 Å². The summed E-state index contributed by atoms with van der Waals surface area (Å²) in [4.78, 5) is 1.38. The second kappa shape index (κ2) is 4.26. The van der Waals surface area contributed by atoms with E-state index in [-0.39, 0.29) is 5.82 Å². The lowest BCUT2D eigenvalue weighted by Crippen LogP contribution is -2.04. The Morgan fingerprint density at radius 2 is 2.25 bits per heavy atom. The van der Waals surface area contributed by atoms with Crippen LogP contribution in [0.15, 0.2) is 18.2 Å². The molecule has 1 aromatic carbocycles. The molecule has 1 N–H and O–H groups in total. The Bertz CT molecular complexity index is 494. The molecule has 0 atom stereocenters. The summed E-state index contributed by atoms with van der Waals surface area (Å²) in [6.07, 6.45) is 0. The molecule has 5 nitrogen and oxygen atoms in total. The second-order valence-corrected chi connectivity index (χ2v) is 3.46. The van der Waals surface area contributed by atoms with Gasteiger partial charge in [-0.3, -0.25) is 0 Å². The molecule has 1 aromatic heterocycles. The van der Waals surface area contributed by atoms with Gasteiger partial charge in [-0.1, -0.05) is 6.07 Å². The highest BCUT2D eigenvalue weighted by molar-refractivity contribution is 5.50. The molecule has 0 amide bonds. The number of rotatable bonds is 3. The van der Waals surface area contributed by atoms with Gasteiger partial charge in [0.25, 0.3) is 0 Å². The van der Waals surface area contributed by atoms with Crippen molar-refractivity contribution >= 4 is 5.69 Å². The third-order valence-electron chi connectivity index (χ3n) is 2.25. The Balaban J connectivity index is 2.07. The number of hydrogen-bond donors (Lipinski definition) is 1. The molecular formula is C10H12FN5. The summed E-state index contributed by atoms with van der Waals surface area (Å²) >= 11 is 0. The van der Waals surface area contributed by atoms with Gasteiger partial charge in [0.1, 0.15) is 5.82 Å². The van der Waals surface area contributed by atoms with Crippen molar-refractivity contribution in [1.82, 2.24) is 20.2 Å². The zero-order valence-corrected chi connectivity index (χ0v) is 9.11. The minimum atomic E-state index is -0.225. The Kier molecular flexibility index (Phi) is 2.80. The van der Waals surface area contributed by atoms with Crippen LogP contribution in [0.25, 0.3) is 0 Å². The lowest BCUT2D eigenvalue weighted by molar-refractivity contribution is 0.619. The summed E-state index contributed by atoms with van der Waals surface area (Å²) < 4.78 is 13.2. The van der Waals surface area contributed by atoms with Crippen molar-refractivity contribution in [2.24, 2.45) is 7.05 Å². The molecule has 0 aliphatic rings. The lowest BCUT2D eigenvalue weighted by atomic mass is 10.2. The number of nitrogens with one attached hydrogen (secondary N) is 1. The van der Waals surface area contributed by atoms with Crippen LogP contribution in [0.4, 0.5) is 10.1 Å². The number of tetrazole rings is 1. The highest BCUT2D eigenvalue weighted by atomic mass is 19.1. The Morgan fingerprint density at radius 1 is 1.44 bits per heavy atom. The Hall–Kier alpha value is -1.98. The molecule has 2 rings (SSSR count). The summed E-state index contributed by atoms with van der Waals surface area (Å²) in [6.45, 7) is 2.15. The first-order chi connectivity index (χ1) is 7.66. The van der Waals surface area contributed by atoms with Crippen LogP contribution in [0.3, 0.4) is 0 Å². The van der Waals surface area contributed by atoms with Crippen LogP contribution >= 0.6 is 0 Å². The average molecular weight is 221 g/mol. The van der Waals surface area contributed by atoms with Crippen molar-refractivity contribution < 1.29 is 4.39 Å². The second-order valence-electron chi connectivity index (χ2n) is 3.46. The molecule has 0 saturated heterocycles. The van der Waals surface area contributed by atoms with Crippen LogP contribution in [0, 0.1) is 12.7 Å². The molecule has 6 heteroatoms. The molecular weight excluding hydrogens is 209 g/mol. The summed E-state index contributed by atoms with van der Waals surface area (Å²) in [5.41, 5.74) is 1.33. The number of nitrogens with zero attached hydrogens (tertiary/aromatic N) is 4. The van der Waals surface area contributed by atoms with E-state index in [1.54, 1.807) is 20.0 Å². The molecule has 0 aliphatic carbocycles. The largest absolute Gasteiger partial charge is 0.377 e. The number of halogens is 1. The maximum absolute atomic E-state index is 13.2. The van der Waals surface area contributed by atoms with Gasteiger partial charge in [-0.15, -0.1) is 10.2 Å². The molecule has 16 heavy (non-hydrogen) atoms. The fourth-order valence-electron chi connectivity index (χ4n) is 1.37. The first-order valence-electron chi connectivity index (χ1n) is 4.88. The summed E-state index contributed by atoms with van der Waals surface area (Å²) in [6, 6.07) is 4.91. The monoisotopic (exact) mass is 221 g/mol. The molecule has 84 valence electrons. The minimum absolute atomic E-state index is 0.225. The molecule has 0 radical (unpaired) electrons. The van der Waals surface area contributed by atoms with Gasteiger partial charge in [-0.2, -0.15) is 4.80 Å². The van der Waals surface area contributed by atoms with Crippen LogP contribution in [-0.4, -0.2) is 20.2 Å². The zero-order chi connectivity index (χ0) is 11.5. The first-order valence-corrected chi connectivity index (χ1v) is 4.88. The Morgan fingerprint density at radius 3 is 2.94 bits per heavy atom. The molecule has 1 heterocycles. The van der Waals surface area contributed by atoms with E-state index in [1.807, 2.05) is 6.07 Å². The number of hydrogen-bond acceptors (Lipinski definition) is 4. The van der Waals surface area contributed by atoms with Crippen molar-refractivity contribution in [2.45, 2.75) is 13.5 Å². The molecule has 0 aliphatic heterocycles. The fourth-order valence-corrected chi connectivity index (χ4v) is 1.37. The highest BCUT2D eigenvalue weighted by Crippen LogP contribution is 2.17. The van der Waals surface area contributed by atoms with E-state index in [4.69, 9.17) is 0 Å². The number of anilines is 1. The predicted molar refractivity (Wildman–Crippen MR) is 57.3 cm³/mol. The summed E-state index contributed by atoms with van der Waals surface area (Å²) in [5.74, 6) is 0.350. The van der Waals surface area contributed by atoms with E-state index in [1.165, 1.54) is 10.9 Å².